The second-order valence-corrected chi connectivity index (χ2v) is 7.11. The van der Waals surface area contributed by atoms with Crippen molar-refractivity contribution < 1.29 is 14.6 Å². The van der Waals surface area contributed by atoms with Crippen LogP contribution in [0.3, 0.4) is 0 Å². The van der Waals surface area contributed by atoms with Crippen molar-refractivity contribution in [2.45, 2.75) is 10.1 Å². The normalized spacial score (nSPS) is 20.0. The zero-order valence-electron chi connectivity index (χ0n) is 12.6. The van der Waals surface area contributed by atoms with E-state index in [2.05, 4.69) is 11.1 Å². The number of thioether (sulfide) groups is 1. The van der Waals surface area contributed by atoms with Gasteiger partial charge in [-0.2, -0.15) is 0 Å². The van der Waals surface area contributed by atoms with Gasteiger partial charge in [-0.05, 0) is 12.1 Å². The summed E-state index contributed by atoms with van der Waals surface area (Å²) in [6.45, 7) is 0. The van der Waals surface area contributed by atoms with Gasteiger partial charge >= 0.3 is 0 Å². The Morgan fingerprint density at radius 2 is 1.67 bits per heavy atom. The molecule has 2 aromatic rings. The second-order valence-electron chi connectivity index (χ2n) is 5.93. The van der Waals surface area contributed by atoms with Gasteiger partial charge in [0.15, 0.2) is 11.5 Å². The number of hydrogen-bond donors (Lipinski definition) is 1. The molecule has 24 heavy (non-hydrogen) atoms. The van der Waals surface area contributed by atoms with E-state index in [4.69, 9.17) is 0 Å². The van der Waals surface area contributed by atoms with Crippen LogP contribution in [0.1, 0.15) is 31.8 Å². The number of benzene rings is 2. The van der Waals surface area contributed by atoms with Crippen LogP contribution < -0.4 is 4.99 Å². The van der Waals surface area contributed by atoms with Crippen molar-refractivity contribution in [1.82, 2.24) is 0 Å². The summed E-state index contributed by atoms with van der Waals surface area (Å²) in [4.78, 5) is 30.2. The molecule has 0 saturated carbocycles. The molecular weight excluding hydrogens is 318 g/mol. The van der Waals surface area contributed by atoms with Crippen molar-refractivity contribution in [3.8, 4) is 0 Å². The highest BCUT2D eigenvalue weighted by Crippen LogP contribution is 2.39. The highest BCUT2D eigenvalue weighted by Gasteiger charge is 2.38. The third-order valence-electron chi connectivity index (χ3n) is 4.56. The van der Waals surface area contributed by atoms with Crippen molar-refractivity contribution in [3.63, 3.8) is 0 Å². The molecule has 5 rings (SSSR count). The molecule has 1 N–H and O–H groups in total. The van der Waals surface area contributed by atoms with Gasteiger partial charge in [-0.15, -0.1) is 11.8 Å². The molecule has 1 unspecified atom stereocenters. The van der Waals surface area contributed by atoms with E-state index >= 15 is 0 Å². The summed E-state index contributed by atoms with van der Waals surface area (Å²) in [6, 6.07) is 10.8. The monoisotopic (exact) mass is 330 g/mol. The van der Waals surface area contributed by atoms with Crippen molar-refractivity contribution in [3.05, 3.63) is 83.0 Å². The van der Waals surface area contributed by atoms with E-state index in [0.29, 0.717) is 22.3 Å². The Labute approximate surface area is 142 Å². The van der Waals surface area contributed by atoms with Crippen LogP contribution in [0, 0.1) is 0 Å². The third-order valence-corrected chi connectivity index (χ3v) is 5.82. The van der Waals surface area contributed by atoms with E-state index in [0.717, 1.165) is 16.3 Å². The highest BCUT2D eigenvalue weighted by atomic mass is 32.2. The minimum Gasteiger partial charge on any atom is -0.289 e. The molecule has 0 spiro atoms. The fraction of sp³-hybridized carbons (Fsp3) is 0.0500. The predicted molar refractivity (Wildman–Crippen MR) is 93.3 cm³/mol. The summed E-state index contributed by atoms with van der Waals surface area (Å²) in [5.74, 6) is -0.166. The molecule has 0 aromatic heterocycles. The molecule has 114 valence electrons. The fourth-order valence-electron chi connectivity index (χ4n) is 3.41. The number of ketones is 2. The van der Waals surface area contributed by atoms with Crippen LogP contribution >= 0.6 is 11.8 Å². The molecular formula is C20H12NO2S+. The van der Waals surface area contributed by atoms with Gasteiger partial charge < -0.3 is 0 Å². The van der Waals surface area contributed by atoms with Crippen LogP contribution in [0.4, 0.5) is 5.69 Å². The van der Waals surface area contributed by atoms with Crippen LogP contribution in [0.15, 0.2) is 65.6 Å². The lowest BCUT2D eigenvalue weighted by atomic mass is 9.83. The number of allylic oxidation sites excluding steroid dienone is 3. The molecule has 0 radical (unpaired) electrons. The van der Waals surface area contributed by atoms with Crippen LogP contribution in [0.5, 0.6) is 0 Å². The number of carbonyl (C=O) groups excluding carboxylic acids is 2. The maximum atomic E-state index is 13.0. The first-order valence-electron chi connectivity index (χ1n) is 7.75. The Morgan fingerprint density at radius 3 is 2.50 bits per heavy atom. The predicted octanol–water partition coefficient (Wildman–Crippen LogP) is 2.22. The zero-order valence-corrected chi connectivity index (χ0v) is 13.4. The Kier molecular flexibility index (Phi) is 2.79. The topological polar surface area (TPSA) is 48.1 Å². The summed E-state index contributed by atoms with van der Waals surface area (Å²) >= 11 is 1.70. The van der Waals surface area contributed by atoms with Crippen LogP contribution in [0.25, 0.3) is 0 Å². The Hall–Kier alpha value is -2.72. The minimum absolute atomic E-state index is 0.0824. The molecule has 2 aromatic carbocycles. The fourth-order valence-corrected chi connectivity index (χ4v) is 4.53. The van der Waals surface area contributed by atoms with Gasteiger partial charge in [0.05, 0.1) is 4.90 Å². The Morgan fingerprint density at radius 1 is 0.875 bits per heavy atom. The van der Waals surface area contributed by atoms with Gasteiger partial charge in [-0.1, -0.05) is 42.5 Å². The molecule has 0 amide bonds. The van der Waals surface area contributed by atoms with E-state index in [-0.39, 0.29) is 16.8 Å². The van der Waals surface area contributed by atoms with Gasteiger partial charge in [0.1, 0.15) is 10.8 Å². The first kappa shape index (κ1) is 13.7. The van der Waals surface area contributed by atoms with Gasteiger partial charge in [0.25, 0.3) is 0 Å². The van der Waals surface area contributed by atoms with E-state index in [1.54, 1.807) is 42.1 Å². The maximum Gasteiger partial charge on any atom is 0.229 e. The van der Waals surface area contributed by atoms with E-state index in [1.165, 1.54) is 0 Å². The summed E-state index contributed by atoms with van der Waals surface area (Å²) in [5, 5.41) is 0.224. The smallest absolute Gasteiger partial charge is 0.229 e. The number of fused-ring (bicyclic) bond motifs is 5. The quantitative estimate of drug-likeness (QED) is 0.687. The largest absolute Gasteiger partial charge is 0.289 e. The molecule has 2 aliphatic carbocycles. The number of nitrogens with one attached hydrogen (secondary N) is 1. The van der Waals surface area contributed by atoms with Gasteiger partial charge in [0, 0.05) is 22.8 Å². The lowest BCUT2D eigenvalue weighted by Crippen LogP contribution is -2.71. The van der Waals surface area contributed by atoms with Crippen molar-refractivity contribution in [1.29, 1.82) is 0 Å². The van der Waals surface area contributed by atoms with Gasteiger partial charge in [-0.25, -0.2) is 4.99 Å². The van der Waals surface area contributed by atoms with Gasteiger partial charge in [-0.3, -0.25) is 9.59 Å². The maximum absolute atomic E-state index is 13.0. The molecule has 0 saturated heterocycles. The van der Waals surface area contributed by atoms with Crippen LogP contribution in [-0.4, -0.2) is 22.5 Å². The summed E-state index contributed by atoms with van der Waals surface area (Å²) in [7, 11) is 0. The third kappa shape index (κ3) is 1.77. The van der Waals surface area contributed by atoms with Crippen LogP contribution in [-0.2, 0) is 0 Å². The van der Waals surface area contributed by atoms with Crippen molar-refractivity contribution >= 4 is 34.7 Å². The molecule has 1 heterocycles. The molecule has 0 fully saturated rings. The Balaban J connectivity index is 1.78. The first-order chi connectivity index (χ1) is 11.7. The zero-order chi connectivity index (χ0) is 16.3. The number of hydrogen-bond acceptors (Lipinski definition) is 3. The molecule has 1 atom stereocenters. The van der Waals surface area contributed by atoms with Crippen molar-refractivity contribution in [2.24, 2.45) is 0 Å². The first-order valence-corrected chi connectivity index (χ1v) is 8.63. The second kappa shape index (κ2) is 4.89. The molecule has 3 aliphatic rings. The molecule has 3 nitrogen and oxygen atoms in total. The summed E-state index contributed by atoms with van der Waals surface area (Å²) < 4.78 is 0. The molecule has 1 aliphatic heterocycles. The number of carbonyl (C=O) groups is 2. The SMILES string of the molecule is O=C1c2ccccc2C(=O)c2c1ccc1c2[NH+]=C2C=CC=CC2S1. The van der Waals surface area contributed by atoms with E-state index in [9.17, 15) is 9.59 Å². The van der Waals surface area contributed by atoms with Crippen LogP contribution in [0.2, 0.25) is 0 Å². The number of rotatable bonds is 0. The lowest BCUT2D eigenvalue weighted by Gasteiger charge is -2.22. The molecule has 4 heteroatoms. The van der Waals surface area contributed by atoms with Gasteiger partial charge in [0.2, 0.25) is 11.5 Å². The Bertz CT molecular complexity index is 1030. The minimum atomic E-state index is -0.0838. The van der Waals surface area contributed by atoms with E-state index in [1.807, 2.05) is 24.3 Å². The lowest BCUT2D eigenvalue weighted by molar-refractivity contribution is -0.358. The molecule has 0 bridgehead atoms. The summed E-state index contributed by atoms with van der Waals surface area (Å²) in [5.41, 5.74) is 3.77. The average Bonchev–Trinajstić information content (AvgIpc) is 2.63. The average molecular weight is 330 g/mol. The summed E-state index contributed by atoms with van der Waals surface area (Å²) in [6.07, 6.45) is 8.14. The van der Waals surface area contributed by atoms with E-state index < -0.39 is 0 Å². The highest BCUT2D eigenvalue weighted by molar-refractivity contribution is 8.01. The standard InChI is InChI=1S/C20H11NO2S/c22-19-11-5-1-2-6-12(11)20(23)17-13(19)9-10-16-18(17)21-14-7-3-4-8-15(14)24-16/h1-10,15H/p+1. The van der Waals surface area contributed by atoms with Crippen molar-refractivity contribution in [2.75, 3.05) is 0 Å².